The van der Waals surface area contributed by atoms with Crippen molar-refractivity contribution >= 4 is 18.3 Å². The fourth-order valence-corrected chi connectivity index (χ4v) is 1.35. The minimum absolute atomic E-state index is 0.517. The SMILES string of the molecule is C=C/C(C(=C)OCC)=C(/N=C)C(C)(C)Cl. The number of aliphatic imine (C=N–C) groups is 1. The van der Waals surface area contributed by atoms with Crippen molar-refractivity contribution in [2.24, 2.45) is 4.99 Å². The largest absolute Gasteiger partial charge is 0.494 e. The lowest BCUT2D eigenvalue weighted by Crippen LogP contribution is -2.15. The minimum atomic E-state index is -0.620. The summed E-state index contributed by atoms with van der Waals surface area (Å²) in [5.41, 5.74) is 1.32. The molecule has 0 heterocycles. The van der Waals surface area contributed by atoms with E-state index in [-0.39, 0.29) is 0 Å². The Morgan fingerprint density at radius 1 is 1.53 bits per heavy atom. The molecule has 0 aliphatic heterocycles. The van der Waals surface area contributed by atoms with Crippen LogP contribution in [-0.2, 0) is 4.74 Å². The van der Waals surface area contributed by atoms with Crippen LogP contribution in [-0.4, -0.2) is 18.2 Å². The highest BCUT2D eigenvalue weighted by molar-refractivity contribution is 6.25. The van der Waals surface area contributed by atoms with Gasteiger partial charge in [-0.05, 0) is 27.5 Å². The van der Waals surface area contributed by atoms with Crippen LogP contribution in [0.3, 0.4) is 0 Å². The van der Waals surface area contributed by atoms with E-state index < -0.39 is 4.87 Å². The Bertz CT molecular complexity index is 297. The van der Waals surface area contributed by atoms with Crippen molar-refractivity contribution in [3.8, 4) is 0 Å². The number of rotatable bonds is 6. The van der Waals surface area contributed by atoms with E-state index in [1.165, 1.54) is 0 Å². The first-order chi connectivity index (χ1) is 6.88. The molecule has 0 rings (SSSR count). The topological polar surface area (TPSA) is 21.6 Å². The molecule has 0 amide bonds. The van der Waals surface area contributed by atoms with Gasteiger partial charge < -0.3 is 4.74 Å². The highest BCUT2D eigenvalue weighted by Crippen LogP contribution is 2.30. The van der Waals surface area contributed by atoms with Gasteiger partial charge in [-0.1, -0.05) is 19.2 Å². The molecule has 0 spiro atoms. The summed E-state index contributed by atoms with van der Waals surface area (Å²) < 4.78 is 5.30. The predicted octanol–water partition coefficient (Wildman–Crippen LogP) is 3.69. The van der Waals surface area contributed by atoms with Crippen LogP contribution in [0.25, 0.3) is 0 Å². The van der Waals surface area contributed by atoms with Crippen LogP contribution in [0.15, 0.2) is 41.3 Å². The normalized spacial score (nSPS) is 12.8. The Kier molecular flexibility index (Phi) is 5.37. The lowest BCUT2D eigenvalue weighted by atomic mass is 10.0. The maximum atomic E-state index is 6.18. The number of nitrogens with zero attached hydrogens (tertiary/aromatic N) is 1. The molecule has 0 aromatic rings. The van der Waals surface area contributed by atoms with Crippen molar-refractivity contribution in [3.05, 3.63) is 36.3 Å². The van der Waals surface area contributed by atoms with Gasteiger partial charge in [0.15, 0.2) is 0 Å². The molecule has 0 saturated carbocycles. The first-order valence-electron chi connectivity index (χ1n) is 4.73. The third kappa shape index (κ3) is 3.92. The van der Waals surface area contributed by atoms with Gasteiger partial charge in [-0.3, -0.25) is 4.99 Å². The monoisotopic (exact) mass is 227 g/mol. The number of allylic oxidation sites excluding steroid dienone is 2. The molecule has 0 aromatic carbocycles. The molecular formula is C12H18ClNO. The Hall–Kier alpha value is -1.02. The van der Waals surface area contributed by atoms with Gasteiger partial charge in [-0.15, -0.1) is 11.6 Å². The molecule has 0 bridgehead atoms. The number of halogens is 1. The van der Waals surface area contributed by atoms with Crippen molar-refractivity contribution in [1.82, 2.24) is 0 Å². The zero-order valence-corrected chi connectivity index (χ0v) is 10.4. The smallest absolute Gasteiger partial charge is 0.121 e. The average Bonchev–Trinajstić information content (AvgIpc) is 2.11. The van der Waals surface area contributed by atoms with E-state index in [0.29, 0.717) is 23.6 Å². The van der Waals surface area contributed by atoms with Crippen LogP contribution < -0.4 is 0 Å². The van der Waals surface area contributed by atoms with Crippen LogP contribution in [0.4, 0.5) is 0 Å². The van der Waals surface area contributed by atoms with Crippen molar-refractivity contribution < 1.29 is 4.74 Å². The van der Waals surface area contributed by atoms with Crippen LogP contribution in [0.2, 0.25) is 0 Å². The van der Waals surface area contributed by atoms with E-state index >= 15 is 0 Å². The van der Waals surface area contributed by atoms with Crippen molar-refractivity contribution in [2.75, 3.05) is 6.61 Å². The molecule has 2 nitrogen and oxygen atoms in total. The third-order valence-corrected chi connectivity index (χ3v) is 1.98. The third-order valence-electron chi connectivity index (χ3n) is 1.80. The van der Waals surface area contributed by atoms with E-state index in [2.05, 4.69) is 24.9 Å². The summed E-state index contributed by atoms with van der Waals surface area (Å²) in [7, 11) is 0. The van der Waals surface area contributed by atoms with Crippen molar-refractivity contribution in [1.29, 1.82) is 0 Å². The maximum absolute atomic E-state index is 6.18. The van der Waals surface area contributed by atoms with Gasteiger partial charge in [-0.25, -0.2) is 0 Å². The van der Waals surface area contributed by atoms with Gasteiger partial charge in [0.25, 0.3) is 0 Å². The van der Waals surface area contributed by atoms with Crippen LogP contribution in [0, 0.1) is 0 Å². The zero-order chi connectivity index (χ0) is 12.1. The molecule has 0 atom stereocenters. The van der Waals surface area contributed by atoms with Gasteiger partial charge in [-0.2, -0.15) is 0 Å². The summed E-state index contributed by atoms with van der Waals surface area (Å²) >= 11 is 6.18. The molecule has 0 N–H and O–H groups in total. The van der Waals surface area contributed by atoms with Gasteiger partial charge >= 0.3 is 0 Å². The standard InChI is InChI=1S/C12H18ClNO/c1-7-10(9(3)15-8-2)11(14-6)12(4,5)13/h7H,1,3,6,8H2,2,4-5H3/b11-10-. The Labute approximate surface area is 97.0 Å². The van der Waals surface area contributed by atoms with Gasteiger partial charge in [0.05, 0.1) is 17.2 Å². The first-order valence-corrected chi connectivity index (χ1v) is 5.11. The van der Waals surface area contributed by atoms with E-state index in [9.17, 15) is 0 Å². The maximum Gasteiger partial charge on any atom is 0.121 e. The average molecular weight is 228 g/mol. The lowest BCUT2D eigenvalue weighted by Gasteiger charge is -2.20. The highest BCUT2D eigenvalue weighted by atomic mass is 35.5. The second-order valence-corrected chi connectivity index (χ2v) is 4.40. The molecule has 0 fully saturated rings. The molecule has 0 radical (unpaired) electrons. The fourth-order valence-electron chi connectivity index (χ4n) is 1.19. The molecule has 84 valence electrons. The Morgan fingerprint density at radius 2 is 2.07 bits per heavy atom. The Morgan fingerprint density at radius 3 is 2.33 bits per heavy atom. The van der Waals surface area contributed by atoms with Crippen molar-refractivity contribution in [2.45, 2.75) is 25.6 Å². The number of ether oxygens (including phenoxy) is 1. The summed E-state index contributed by atoms with van der Waals surface area (Å²) in [4.78, 5) is 3.30. The van der Waals surface area contributed by atoms with Crippen LogP contribution in [0.1, 0.15) is 20.8 Å². The summed E-state index contributed by atoms with van der Waals surface area (Å²) in [6.45, 7) is 17.1. The second-order valence-electron chi connectivity index (χ2n) is 3.45. The van der Waals surface area contributed by atoms with E-state index in [0.717, 1.165) is 0 Å². The molecule has 0 aliphatic carbocycles. The Balaban J connectivity index is 5.36. The van der Waals surface area contributed by atoms with Crippen LogP contribution >= 0.6 is 11.6 Å². The molecule has 3 heteroatoms. The molecule has 0 aromatic heterocycles. The van der Waals surface area contributed by atoms with Gasteiger partial charge in [0.2, 0.25) is 0 Å². The quantitative estimate of drug-likeness (QED) is 0.294. The number of hydrogen-bond donors (Lipinski definition) is 0. The number of alkyl halides is 1. The summed E-state index contributed by atoms with van der Waals surface area (Å²) in [5, 5.41) is 0. The molecule has 15 heavy (non-hydrogen) atoms. The molecule has 0 aliphatic rings. The minimum Gasteiger partial charge on any atom is -0.494 e. The summed E-state index contributed by atoms with van der Waals surface area (Å²) in [6.07, 6.45) is 1.63. The zero-order valence-electron chi connectivity index (χ0n) is 9.64. The van der Waals surface area contributed by atoms with Crippen molar-refractivity contribution in [3.63, 3.8) is 0 Å². The summed E-state index contributed by atoms with van der Waals surface area (Å²) in [6, 6.07) is 0. The molecule has 0 unspecified atom stereocenters. The molecule has 0 saturated heterocycles. The van der Waals surface area contributed by atoms with E-state index in [1.54, 1.807) is 6.08 Å². The first kappa shape index (κ1) is 14.0. The van der Waals surface area contributed by atoms with E-state index in [1.807, 2.05) is 20.8 Å². The lowest BCUT2D eigenvalue weighted by molar-refractivity contribution is 0.240. The van der Waals surface area contributed by atoms with E-state index in [4.69, 9.17) is 16.3 Å². The molecular weight excluding hydrogens is 210 g/mol. The predicted molar refractivity (Wildman–Crippen MR) is 67.5 cm³/mol. The number of hydrogen-bond acceptors (Lipinski definition) is 2. The van der Waals surface area contributed by atoms with Gasteiger partial charge in [0, 0.05) is 5.57 Å². The summed E-state index contributed by atoms with van der Waals surface area (Å²) in [5.74, 6) is 0.517. The van der Waals surface area contributed by atoms with Crippen LogP contribution in [0.5, 0.6) is 0 Å². The second kappa shape index (κ2) is 5.76. The highest BCUT2D eigenvalue weighted by Gasteiger charge is 2.23. The fraction of sp³-hybridized carbons (Fsp3) is 0.417. The van der Waals surface area contributed by atoms with Gasteiger partial charge in [0.1, 0.15) is 5.76 Å².